The standard InChI is InChI=1S/C11H9ClN2O2/c12-8-2-3-10(15)9(6-8)11(16)7-14-5-1-4-13-14/h1-6,15H,7H2. The monoisotopic (exact) mass is 236 g/mol. The second-order valence-corrected chi connectivity index (χ2v) is 3.72. The van der Waals surface area contributed by atoms with Crippen LogP contribution in [0, 0.1) is 0 Å². The lowest BCUT2D eigenvalue weighted by Crippen LogP contribution is -2.10. The Labute approximate surface area is 97.1 Å². The van der Waals surface area contributed by atoms with Crippen molar-refractivity contribution in [3.63, 3.8) is 0 Å². The van der Waals surface area contributed by atoms with Gasteiger partial charge in [0.15, 0.2) is 5.78 Å². The molecule has 0 aliphatic rings. The van der Waals surface area contributed by atoms with E-state index in [1.807, 2.05) is 0 Å². The van der Waals surface area contributed by atoms with Crippen LogP contribution in [0.15, 0.2) is 36.7 Å². The average molecular weight is 237 g/mol. The topological polar surface area (TPSA) is 55.1 Å². The first-order chi connectivity index (χ1) is 7.66. The van der Waals surface area contributed by atoms with E-state index in [-0.39, 0.29) is 23.6 Å². The highest BCUT2D eigenvalue weighted by Gasteiger charge is 2.12. The number of halogens is 1. The van der Waals surface area contributed by atoms with Crippen LogP contribution in [0.25, 0.3) is 0 Å². The minimum absolute atomic E-state index is 0.0680. The van der Waals surface area contributed by atoms with Crippen LogP contribution in [0.3, 0.4) is 0 Å². The van der Waals surface area contributed by atoms with Gasteiger partial charge in [0.25, 0.3) is 0 Å². The third-order valence-corrected chi connectivity index (χ3v) is 2.36. The summed E-state index contributed by atoms with van der Waals surface area (Å²) >= 11 is 5.76. The van der Waals surface area contributed by atoms with Gasteiger partial charge >= 0.3 is 0 Å². The van der Waals surface area contributed by atoms with E-state index in [2.05, 4.69) is 5.10 Å². The first kappa shape index (κ1) is 10.7. The molecular weight excluding hydrogens is 228 g/mol. The Hall–Kier alpha value is -1.81. The molecular formula is C11H9ClN2O2. The summed E-state index contributed by atoms with van der Waals surface area (Å²) in [5.74, 6) is -0.301. The number of aromatic hydroxyl groups is 1. The molecule has 0 bridgehead atoms. The number of Topliss-reactive ketones (excluding diaryl/α,β-unsaturated/α-hetero) is 1. The van der Waals surface area contributed by atoms with E-state index in [0.717, 1.165) is 0 Å². The highest BCUT2D eigenvalue weighted by atomic mass is 35.5. The summed E-state index contributed by atoms with van der Waals surface area (Å²) in [4.78, 5) is 11.8. The molecule has 0 saturated carbocycles. The van der Waals surface area contributed by atoms with E-state index in [1.165, 1.54) is 22.9 Å². The zero-order valence-corrected chi connectivity index (χ0v) is 9.05. The van der Waals surface area contributed by atoms with Crippen LogP contribution in [-0.4, -0.2) is 20.7 Å². The lowest BCUT2D eigenvalue weighted by molar-refractivity contribution is 0.0965. The number of hydrogen-bond donors (Lipinski definition) is 1. The van der Waals surface area contributed by atoms with Crippen molar-refractivity contribution < 1.29 is 9.90 Å². The molecule has 4 nitrogen and oxygen atoms in total. The van der Waals surface area contributed by atoms with Gasteiger partial charge in [-0.25, -0.2) is 0 Å². The minimum Gasteiger partial charge on any atom is -0.507 e. The van der Waals surface area contributed by atoms with Crippen molar-refractivity contribution in [1.82, 2.24) is 9.78 Å². The highest BCUT2D eigenvalue weighted by Crippen LogP contribution is 2.22. The Balaban J connectivity index is 2.24. The Bertz CT molecular complexity index is 509. The number of hydrogen-bond acceptors (Lipinski definition) is 3. The van der Waals surface area contributed by atoms with Crippen LogP contribution < -0.4 is 0 Å². The van der Waals surface area contributed by atoms with Crippen molar-refractivity contribution in [2.45, 2.75) is 6.54 Å². The molecule has 0 amide bonds. The maximum atomic E-state index is 11.8. The number of carbonyl (C=O) groups is 1. The summed E-state index contributed by atoms with van der Waals surface area (Å²) in [6, 6.07) is 6.11. The molecule has 0 atom stereocenters. The van der Waals surface area contributed by atoms with Crippen LogP contribution in [0.2, 0.25) is 5.02 Å². The summed E-state index contributed by atoms with van der Waals surface area (Å²) in [5.41, 5.74) is 0.211. The Kier molecular flexibility index (Phi) is 2.92. The van der Waals surface area contributed by atoms with Crippen molar-refractivity contribution in [2.75, 3.05) is 0 Å². The predicted molar refractivity (Wildman–Crippen MR) is 59.7 cm³/mol. The number of phenols is 1. The number of ketones is 1. The van der Waals surface area contributed by atoms with Crippen molar-refractivity contribution in [1.29, 1.82) is 0 Å². The summed E-state index contributed by atoms with van der Waals surface area (Å²) in [5, 5.41) is 13.9. The quantitative estimate of drug-likeness (QED) is 0.831. The molecule has 0 aliphatic carbocycles. The van der Waals surface area contributed by atoms with Crippen LogP contribution in [0.5, 0.6) is 5.75 Å². The SMILES string of the molecule is O=C(Cn1cccn1)c1cc(Cl)ccc1O. The van der Waals surface area contributed by atoms with Gasteiger partial charge in [0.2, 0.25) is 0 Å². The maximum absolute atomic E-state index is 11.8. The number of nitrogens with zero attached hydrogens (tertiary/aromatic N) is 2. The van der Waals surface area contributed by atoms with Crippen LogP contribution in [0.4, 0.5) is 0 Å². The van der Waals surface area contributed by atoms with Gasteiger partial charge in [-0.15, -0.1) is 0 Å². The highest BCUT2D eigenvalue weighted by molar-refractivity contribution is 6.31. The zero-order valence-electron chi connectivity index (χ0n) is 8.30. The Morgan fingerprint density at radius 3 is 3.00 bits per heavy atom. The lowest BCUT2D eigenvalue weighted by Gasteiger charge is -2.04. The Morgan fingerprint density at radius 2 is 2.31 bits per heavy atom. The maximum Gasteiger partial charge on any atom is 0.188 e. The number of aromatic nitrogens is 2. The van der Waals surface area contributed by atoms with E-state index in [0.29, 0.717) is 5.02 Å². The molecule has 2 rings (SSSR count). The number of rotatable bonds is 3. The van der Waals surface area contributed by atoms with Crippen molar-refractivity contribution in [3.8, 4) is 5.75 Å². The van der Waals surface area contributed by atoms with Gasteiger partial charge in [-0.2, -0.15) is 5.10 Å². The molecule has 0 spiro atoms. The molecule has 1 N–H and O–H groups in total. The van der Waals surface area contributed by atoms with Gasteiger partial charge in [0.1, 0.15) is 12.3 Å². The van der Waals surface area contributed by atoms with Crippen LogP contribution in [-0.2, 0) is 6.54 Å². The molecule has 0 radical (unpaired) electrons. The molecule has 16 heavy (non-hydrogen) atoms. The first-order valence-electron chi connectivity index (χ1n) is 4.66. The molecule has 5 heteroatoms. The third kappa shape index (κ3) is 2.23. The van der Waals surface area contributed by atoms with E-state index in [1.54, 1.807) is 18.5 Å². The lowest BCUT2D eigenvalue weighted by atomic mass is 10.1. The molecule has 82 valence electrons. The summed E-state index contributed by atoms with van der Waals surface area (Å²) < 4.78 is 1.49. The van der Waals surface area contributed by atoms with Gasteiger partial charge in [-0.1, -0.05) is 11.6 Å². The van der Waals surface area contributed by atoms with E-state index in [9.17, 15) is 9.90 Å². The smallest absolute Gasteiger partial charge is 0.188 e. The molecule has 0 unspecified atom stereocenters. The molecule has 0 saturated heterocycles. The largest absolute Gasteiger partial charge is 0.507 e. The normalized spacial score (nSPS) is 10.3. The summed E-state index contributed by atoms with van der Waals surface area (Å²) in [6.07, 6.45) is 3.27. The van der Waals surface area contributed by atoms with Crippen LogP contribution in [0.1, 0.15) is 10.4 Å². The number of phenolic OH excluding ortho intramolecular Hbond substituents is 1. The number of carbonyl (C=O) groups excluding carboxylic acids is 1. The average Bonchev–Trinajstić information content (AvgIpc) is 2.74. The molecule has 1 heterocycles. The van der Waals surface area contributed by atoms with E-state index >= 15 is 0 Å². The third-order valence-electron chi connectivity index (χ3n) is 2.12. The van der Waals surface area contributed by atoms with E-state index in [4.69, 9.17) is 11.6 Å². The molecule has 1 aromatic carbocycles. The van der Waals surface area contributed by atoms with E-state index < -0.39 is 0 Å². The second kappa shape index (κ2) is 4.37. The minimum atomic E-state index is -0.233. The van der Waals surface area contributed by atoms with Gasteiger partial charge < -0.3 is 5.11 Å². The zero-order chi connectivity index (χ0) is 11.5. The molecule has 2 aromatic rings. The molecule has 0 fully saturated rings. The Morgan fingerprint density at radius 1 is 1.50 bits per heavy atom. The van der Waals surface area contributed by atoms with Gasteiger partial charge in [0, 0.05) is 17.4 Å². The second-order valence-electron chi connectivity index (χ2n) is 3.29. The molecule has 0 aliphatic heterocycles. The van der Waals surface area contributed by atoms with Crippen molar-refractivity contribution >= 4 is 17.4 Å². The summed E-state index contributed by atoms with van der Waals surface area (Å²) in [6.45, 7) is 0.0842. The van der Waals surface area contributed by atoms with Crippen molar-refractivity contribution in [2.24, 2.45) is 0 Å². The van der Waals surface area contributed by atoms with Gasteiger partial charge in [0.05, 0.1) is 5.56 Å². The summed E-state index contributed by atoms with van der Waals surface area (Å²) in [7, 11) is 0. The fourth-order valence-electron chi connectivity index (χ4n) is 1.36. The van der Waals surface area contributed by atoms with Gasteiger partial charge in [-0.3, -0.25) is 9.48 Å². The fraction of sp³-hybridized carbons (Fsp3) is 0.0909. The first-order valence-corrected chi connectivity index (χ1v) is 5.04. The molecule has 1 aromatic heterocycles. The van der Waals surface area contributed by atoms with Crippen LogP contribution >= 0.6 is 11.6 Å². The van der Waals surface area contributed by atoms with Crippen molar-refractivity contribution in [3.05, 3.63) is 47.2 Å². The predicted octanol–water partition coefficient (Wildman–Crippen LogP) is 2.13. The van der Waals surface area contributed by atoms with Gasteiger partial charge in [-0.05, 0) is 24.3 Å². The number of benzene rings is 1. The fourth-order valence-corrected chi connectivity index (χ4v) is 1.53.